The quantitative estimate of drug-likeness (QED) is 0.327. The van der Waals surface area contributed by atoms with Gasteiger partial charge in [0.15, 0.2) is 17.1 Å². The maximum absolute atomic E-state index is 13.4. The van der Waals surface area contributed by atoms with Crippen LogP contribution >= 0.6 is 0 Å². The number of carbonyl (C=O) groups is 1. The first-order chi connectivity index (χ1) is 20.4. The summed E-state index contributed by atoms with van der Waals surface area (Å²) in [4.78, 5) is 24.9. The highest BCUT2D eigenvalue weighted by molar-refractivity contribution is 5.95. The summed E-state index contributed by atoms with van der Waals surface area (Å²) in [7, 11) is 8.41. The van der Waals surface area contributed by atoms with Gasteiger partial charge in [0.25, 0.3) is 0 Å². The lowest BCUT2D eigenvalue weighted by atomic mass is 9.89. The Balaban J connectivity index is 1.47. The summed E-state index contributed by atoms with van der Waals surface area (Å²) in [5.74, 6) is 3.01. The molecule has 1 saturated carbocycles. The third-order valence-corrected chi connectivity index (χ3v) is 7.80. The van der Waals surface area contributed by atoms with Gasteiger partial charge in [-0.1, -0.05) is 0 Å². The van der Waals surface area contributed by atoms with E-state index < -0.39 is 0 Å². The normalized spacial score (nSPS) is 17.8. The van der Waals surface area contributed by atoms with Crippen molar-refractivity contribution in [2.75, 3.05) is 45.7 Å². The van der Waals surface area contributed by atoms with Gasteiger partial charge in [-0.2, -0.15) is 0 Å². The molecule has 4 bridgehead atoms. The number of amides is 1. The van der Waals surface area contributed by atoms with E-state index in [9.17, 15) is 4.79 Å². The number of rotatable bonds is 7. The number of anilines is 3. The highest BCUT2D eigenvalue weighted by Crippen LogP contribution is 2.40. The molecule has 6 rings (SSSR count). The summed E-state index contributed by atoms with van der Waals surface area (Å²) >= 11 is 0. The van der Waals surface area contributed by atoms with Crippen molar-refractivity contribution >= 4 is 34.4 Å². The van der Waals surface area contributed by atoms with E-state index in [2.05, 4.69) is 15.6 Å². The van der Waals surface area contributed by atoms with E-state index in [1.807, 2.05) is 48.3 Å². The zero-order valence-corrected chi connectivity index (χ0v) is 24.3. The van der Waals surface area contributed by atoms with Crippen LogP contribution in [-0.4, -0.2) is 68.2 Å². The van der Waals surface area contributed by atoms with Crippen molar-refractivity contribution in [3.05, 3.63) is 53.9 Å². The third-order valence-electron chi connectivity index (χ3n) is 7.80. The van der Waals surface area contributed by atoms with Crippen LogP contribution < -0.4 is 34.5 Å². The molecule has 0 unspecified atom stereocenters. The highest BCUT2D eigenvalue weighted by atomic mass is 16.5. The number of hydrogen-bond donors (Lipinski definition) is 2. The number of nitrogens with zero attached hydrogens (tertiary/aromatic N) is 4. The highest BCUT2D eigenvalue weighted by Gasteiger charge is 2.34. The van der Waals surface area contributed by atoms with Gasteiger partial charge in [-0.15, -0.1) is 0 Å². The summed E-state index contributed by atoms with van der Waals surface area (Å²) in [5.41, 5.74) is 4.28. The molecule has 2 aliphatic rings. The van der Waals surface area contributed by atoms with Crippen LogP contribution in [0, 0.1) is 0 Å². The standard InChI is InChI=1S/C30H34N6O6/c1-35(14-18-6-7-19(38-2)12-24(18)39-3)22-13-26-32-21-10-17(11-25(40-4)28(21)41-5)15-42-23-9-8-20(23)33-30(37)36-16-31-27(22)29(36)34-26/h6-7,10-13,16,20,23H,8-9,14-15H2,1-5H3,(H,32,34)(H,33,37)/t20-,23-/m1/s1. The van der Waals surface area contributed by atoms with E-state index >= 15 is 0 Å². The maximum atomic E-state index is 13.4. The van der Waals surface area contributed by atoms with E-state index in [1.165, 1.54) is 10.9 Å². The number of fused-ring (bicyclic) bond motifs is 4. The zero-order valence-electron chi connectivity index (χ0n) is 24.3. The Morgan fingerprint density at radius 2 is 1.86 bits per heavy atom. The molecule has 12 nitrogen and oxygen atoms in total. The van der Waals surface area contributed by atoms with Crippen molar-refractivity contribution in [1.29, 1.82) is 0 Å². The van der Waals surface area contributed by atoms with Crippen molar-refractivity contribution in [2.24, 2.45) is 0 Å². The third kappa shape index (κ3) is 4.98. The molecular formula is C30H34N6O6. The Kier molecular flexibility index (Phi) is 7.38. The van der Waals surface area contributed by atoms with Crippen molar-refractivity contribution in [3.8, 4) is 23.0 Å². The van der Waals surface area contributed by atoms with Crippen molar-refractivity contribution in [1.82, 2.24) is 19.9 Å². The van der Waals surface area contributed by atoms with E-state index in [0.29, 0.717) is 58.8 Å². The van der Waals surface area contributed by atoms with Crippen LogP contribution in [0.2, 0.25) is 0 Å². The predicted molar refractivity (Wildman–Crippen MR) is 158 cm³/mol. The van der Waals surface area contributed by atoms with Crippen LogP contribution in [0.15, 0.2) is 42.7 Å². The Hall–Kier alpha value is -4.71. The fourth-order valence-electron chi connectivity index (χ4n) is 5.40. The fourth-order valence-corrected chi connectivity index (χ4v) is 5.40. The molecule has 1 aliphatic heterocycles. The number of methoxy groups -OCH3 is 4. The van der Waals surface area contributed by atoms with Crippen LogP contribution in [0.25, 0.3) is 11.2 Å². The van der Waals surface area contributed by atoms with Gasteiger partial charge in [-0.05, 0) is 42.7 Å². The van der Waals surface area contributed by atoms with Crippen LogP contribution in [0.3, 0.4) is 0 Å². The van der Waals surface area contributed by atoms with Gasteiger partial charge in [0, 0.05) is 31.3 Å². The topological polar surface area (TPSA) is 121 Å². The van der Waals surface area contributed by atoms with Gasteiger partial charge < -0.3 is 39.2 Å². The molecule has 1 amide bonds. The predicted octanol–water partition coefficient (Wildman–Crippen LogP) is 4.46. The SMILES string of the molecule is COc1ccc(CN(C)c2cc3nc4c2ncn4C(=O)N[C@@H]2CC[C@H]2OCc2cc(c(OC)c(OC)c2)N3)c(OC)c1. The molecule has 2 aromatic heterocycles. The molecule has 42 heavy (non-hydrogen) atoms. The largest absolute Gasteiger partial charge is 0.497 e. The molecule has 220 valence electrons. The minimum Gasteiger partial charge on any atom is -0.497 e. The first-order valence-corrected chi connectivity index (χ1v) is 13.7. The summed E-state index contributed by atoms with van der Waals surface area (Å²) in [6.45, 7) is 0.852. The molecule has 2 atom stereocenters. The second kappa shape index (κ2) is 11.3. The lowest BCUT2D eigenvalue weighted by Gasteiger charge is -2.36. The first kappa shape index (κ1) is 27.5. The maximum Gasteiger partial charge on any atom is 0.328 e. The molecule has 2 aromatic carbocycles. The fraction of sp³-hybridized carbons (Fsp3) is 0.367. The van der Waals surface area contributed by atoms with Crippen LogP contribution in [0.4, 0.5) is 22.0 Å². The number of aromatic nitrogens is 3. The van der Waals surface area contributed by atoms with Gasteiger partial charge in [0.1, 0.15) is 29.2 Å². The lowest BCUT2D eigenvalue weighted by molar-refractivity contribution is -0.0323. The molecule has 0 radical (unpaired) electrons. The average Bonchev–Trinajstić information content (AvgIpc) is 3.42. The molecule has 4 aromatic rings. The average molecular weight is 575 g/mol. The molecular weight excluding hydrogens is 540 g/mol. The number of imidazole rings is 1. The minimum atomic E-state index is -0.305. The van der Waals surface area contributed by atoms with Gasteiger partial charge in [-0.3, -0.25) is 0 Å². The monoisotopic (exact) mass is 574 g/mol. The van der Waals surface area contributed by atoms with Gasteiger partial charge in [0.05, 0.1) is 58.6 Å². The summed E-state index contributed by atoms with van der Waals surface area (Å²) in [6, 6.07) is 11.1. The molecule has 0 spiro atoms. The Labute approximate surface area is 243 Å². The molecule has 0 saturated heterocycles. The van der Waals surface area contributed by atoms with Crippen molar-refractivity contribution in [2.45, 2.75) is 38.1 Å². The Morgan fingerprint density at radius 3 is 2.57 bits per heavy atom. The van der Waals surface area contributed by atoms with Crippen LogP contribution in [0.1, 0.15) is 24.0 Å². The summed E-state index contributed by atoms with van der Waals surface area (Å²) < 4.78 is 30.0. The molecule has 12 heteroatoms. The molecule has 1 aliphatic carbocycles. The molecule has 3 heterocycles. The van der Waals surface area contributed by atoms with Crippen LogP contribution in [0.5, 0.6) is 23.0 Å². The second-order valence-corrected chi connectivity index (χ2v) is 10.3. The van der Waals surface area contributed by atoms with Gasteiger partial charge in [0.2, 0.25) is 0 Å². The van der Waals surface area contributed by atoms with Crippen molar-refractivity contribution < 1.29 is 28.5 Å². The van der Waals surface area contributed by atoms with Crippen molar-refractivity contribution in [3.63, 3.8) is 0 Å². The van der Waals surface area contributed by atoms with E-state index in [0.717, 1.165) is 29.7 Å². The van der Waals surface area contributed by atoms with Gasteiger partial charge in [-0.25, -0.2) is 19.3 Å². The van der Waals surface area contributed by atoms with Crippen LogP contribution in [-0.2, 0) is 17.9 Å². The first-order valence-electron chi connectivity index (χ1n) is 13.7. The van der Waals surface area contributed by atoms with E-state index in [4.69, 9.17) is 28.7 Å². The number of hydrogen-bond acceptors (Lipinski definition) is 10. The summed E-state index contributed by atoms with van der Waals surface area (Å²) in [6.07, 6.45) is 3.10. The molecule has 2 N–H and O–H groups in total. The zero-order chi connectivity index (χ0) is 29.4. The lowest BCUT2D eigenvalue weighted by Crippen LogP contribution is -2.52. The second-order valence-electron chi connectivity index (χ2n) is 10.3. The summed E-state index contributed by atoms with van der Waals surface area (Å²) in [5, 5.41) is 6.50. The molecule has 1 fully saturated rings. The number of ether oxygens (including phenoxy) is 5. The van der Waals surface area contributed by atoms with E-state index in [-0.39, 0.29) is 18.2 Å². The number of nitrogens with one attached hydrogen (secondary N) is 2. The number of benzene rings is 2. The minimum absolute atomic E-state index is 0.0964. The Bertz CT molecular complexity index is 1640. The number of carbonyl (C=O) groups excluding carboxylic acids is 1. The van der Waals surface area contributed by atoms with E-state index in [1.54, 1.807) is 28.4 Å². The smallest absolute Gasteiger partial charge is 0.328 e. The van der Waals surface area contributed by atoms with Gasteiger partial charge >= 0.3 is 6.03 Å². The Morgan fingerprint density at radius 1 is 1.02 bits per heavy atom. The number of pyridine rings is 1.